The van der Waals surface area contributed by atoms with Crippen molar-refractivity contribution in [2.45, 2.75) is 13.1 Å². The summed E-state index contributed by atoms with van der Waals surface area (Å²) >= 11 is 6.15. The van der Waals surface area contributed by atoms with E-state index in [1.54, 1.807) is 6.07 Å². The Morgan fingerprint density at radius 2 is 1.93 bits per heavy atom. The number of carbonyl (C=O) groups is 1. The van der Waals surface area contributed by atoms with Crippen molar-refractivity contribution in [1.29, 1.82) is 0 Å². The van der Waals surface area contributed by atoms with Crippen LogP contribution in [0.15, 0.2) is 54.7 Å². The quantitative estimate of drug-likeness (QED) is 0.664. The number of anilines is 1. The average Bonchev–Trinajstić information content (AvgIpc) is 3.19. The van der Waals surface area contributed by atoms with Gasteiger partial charge in [0.25, 0.3) is 5.91 Å². The molecule has 4 rings (SSSR count). The summed E-state index contributed by atoms with van der Waals surface area (Å²) in [6, 6.07) is 14.6. The maximum Gasteiger partial charge on any atom is 0.270 e. The molecule has 0 aliphatic carbocycles. The minimum absolute atomic E-state index is 0.218. The highest BCUT2D eigenvalue weighted by molar-refractivity contribution is 6.31. The maximum atomic E-state index is 12.4. The van der Waals surface area contributed by atoms with Gasteiger partial charge in [-0.2, -0.15) is 0 Å². The molecule has 0 unspecified atom stereocenters. The predicted molar refractivity (Wildman–Crippen MR) is 105 cm³/mol. The Hall–Kier alpha value is -3.32. The number of benzene rings is 2. The van der Waals surface area contributed by atoms with E-state index < -0.39 is 0 Å². The molecule has 1 amide bonds. The van der Waals surface area contributed by atoms with Gasteiger partial charge >= 0.3 is 0 Å². The first-order valence-corrected chi connectivity index (χ1v) is 9.04. The van der Waals surface area contributed by atoms with E-state index in [9.17, 15) is 4.79 Å². The summed E-state index contributed by atoms with van der Waals surface area (Å²) in [7, 11) is 0. The molecule has 0 spiro atoms. The molecule has 1 aliphatic rings. The third-order valence-corrected chi connectivity index (χ3v) is 4.54. The van der Waals surface area contributed by atoms with E-state index in [4.69, 9.17) is 21.1 Å². The number of amides is 1. The van der Waals surface area contributed by atoms with E-state index in [1.807, 2.05) is 42.5 Å². The second-order valence-corrected chi connectivity index (χ2v) is 6.49. The molecule has 0 saturated carbocycles. The van der Waals surface area contributed by atoms with Gasteiger partial charge in [0.05, 0.1) is 0 Å². The van der Waals surface area contributed by atoms with Crippen molar-refractivity contribution in [3.05, 3.63) is 76.6 Å². The molecule has 142 valence electrons. The Labute approximate surface area is 166 Å². The molecule has 0 radical (unpaired) electrons. The van der Waals surface area contributed by atoms with Gasteiger partial charge in [-0.3, -0.25) is 4.79 Å². The van der Waals surface area contributed by atoms with Gasteiger partial charge in [0.2, 0.25) is 12.7 Å². The van der Waals surface area contributed by atoms with E-state index in [2.05, 4.69) is 20.6 Å². The van der Waals surface area contributed by atoms with E-state index in [0.29, 0.717) is 35.6 Å². The number of aromatic nitrogens is 2. The van der Waals surface area contributed by atoms with Crippen molar-refractivity contribution < 1.29 is 14.3 Å². The fraction of sp³-hybridized carbons (Fsp3) is 0.150. The third kappa shape index (κ3) is 4.15. The standard InChI is InChI=1S/C20H17ClN4O3/c21-15-4-2-1-3-14(15)11-24-20-22-8-7-16(25-20)19(26)23-10-13-5-6-17-18(9-13)28-12-27-17/h1-9H,10-12H2,(H,23,26)(H,22,24,25). The molecule has 8 heteroatoms. The van der Waals surface area contributed by atoms with Crippen LogP contribution in [-0.4, -0.2) is 22.7 Å². The molecule has 1 aliphatic heterocycles. The van der Waals surface area contributed by atoms with E-state index >= 15 is 0 Å². The fourth-order valence-corrected chi connectivity index (χ4v) is 2.91. The SMILES string of the molecule is O=C(NCc1ccc2c(c1)OCO2)c1ccnc(NCc2ccccc2Cl)n1. The normalized spacial score (nSPS) is 11.9. The number of fused-ring (bicyclic) bond motifs is 1. The molecule has 0 saturated heterocycles. The molecule has 7 nitrogen and oxygen atoms in total. The largest absolute Gasteiger partial charge is 0.454 e. The monoisotopic (exact) mass is 396 g/mol. The first kappa shape index (κ1) is 18.1. The Bertz CT molecular complexity index is 1010. The number of rotatable bonds is 6. The van der Waals surface area contributed by atoms with Gasteiger partial charge in [0.1, 0.15) is 5.69 Å². The summed E-state index contributed by atoms with van der Waals surface area (Å²) in [5.74, 6) is 1.46. The fourth-order valence-electron chi connectivity index (χ4n) is 2.71. The molecule has 2 N–H and O–H groups in total. The van der Waals surface area contributed by atoms with Crippen LogP contribution in [0.4, 0.5) is 5.95 Å². The number of hydrogen-bond acceptors (Lipinski definition) is 6. The van der Waals surface area contributed by atoms with Crippen LogP contribution in [0.1, 0.15) is 21.6 Å². The van der Waals surface area contributed by atoms with Crippen LogP contribution in [0.2, 0.25) is 5.02 Å². The van der Waals surface area contributed by atoms with Gasteiger partial charge in [-0.15, -0.1) is 0 Å². The zero-order chi connectivity index (χ0) is 19.3. The third-order valence-electron chi connectivity index (χ3n) is 4.17. The van der Waals surface area contributed by atoms with Crippen molar-refractivity contribution >= 4 is 23.5 Å². The second-order valence-electron chi connectivity index (χ2n) is 6.08. The van der Waals surface area contributed by atoms with Crippen LogP contribution in [-0.2, 0) is 13.1 Å². The van der Waals surface area contributed by atoms with Crippen LogP contribution >= 0.6 is 11.6 Å². The summed E-state index contributed by atoms with van der Waals surface area (Å²) in [6.07, 6.45) is 1.54. The number of nitrogens with one attached hydrogen (secondary N) is 2. The van der Waals surface area contributed by atoms with E-state index in [1.165, 1.54) is 6.20 Å². The number of ether oxygens (including phenoxy) is 2. The molecule has 2 heterocycles. The first-order chi connectivity index (χ1) is 13.7. The number of hydrogen-bond donors (Lipinski definition) is 2. The molecule has 0 fully saturated rings. The number of halogens is 1. The lowest BCUT2D eigenvalue weighted by atomic mass is 10.2. The lowest BCUT2D eigenvalue weighted by Gasteiger charge is -2.09. The summed E-state index contributed by atoms with van der Waals surface area (Å²) in [4.78, 5) is 20.8. The Morgan fingerprint density at radius 3 is 2.82 bits per heavy atom. The Kier molecular flexibility index (Phi) is 5.25. The topological polar surface area (TPSA) is 85.4 Å². The lowest BCUT2D eigenvalue weighted by Crippen LogP contribution is -2.24. The van der Waals surface area contributed by atoms with Crippen LogP contribution in [0.3, 0.4) is 0 Å². The highest BCUT2D eigenvalue weighted by Crippen LogP contribution is 2.32. The summed E-state index contributed by atoms with van der Waals surface area (Å²) in [5, 5.41) is 6.58. The van der Waals surface area contributed by atoms with Crippen LogP contribution in [0.5, 0.6) is 11.5 Å². The number of nitrogens with zero attached hydrogens (tertiary/aromatic N) is 2. The minimum Gasteiger partial charge on any atom is -0.454 e. The van der Waals surface area contributed by atoms with Gasteiger partial charge in [-0.05, 0) is 35.4 Å². The van der Waals surface area contributed by atoms with Crippen molar-refractivity contribution in [2.24, 2.45) is 0 Å². The molecular weight excluding hydrogens is 380 g/mol. The summed E-state index contributed by atoms with van der Waals surface area (Å²) in [5.41, 5.74) is 2.10. The Morgan fingerprint density at radius 1 is 1.07 bits per heavy atom. The zero-order valence-corrected chi connectivity index (χ0v) is 15.6. The van der Waals surface area contributed by atoms with Crippen molar-refractivity contribution in [2.75, 3.05) is 12.1 Å². The van der Waals surface area contributed by atoms with Crippen molar-refractivity contribution in [1.82, 2.24) is 15.3 Å². The zero-order valence-electron chi connectivity index (χ0n) is 14.8. The molecule has 2 aromatic carbocycles. The lowest BCUT2D eigenvalue weighted by molar-refractivity contribution is 0.0946. The van der Waals surface area contributed by atoms with Gasteiger partial charge in [-0.25, -0.2) is 9.97 Å². The van der Waals surface area contributed by atoms with Crippen molar-refractivity contribution in [3.8, 4) is 11.5 Å². The van der Waals surface area contributed by atoms with Crippen LogP contribution < -0.4 is 20.1 Å². The number of carbonyl (C=O) groups excluding carboxylic acids is 1. The minimum atomic E-state index is -0.291. The van der Waals surface area contributed by atoms with Crippen LogP contribution in [0.25, 0.3) is 0 Å². The molecule has 3 aromatic rings. The predicted octanol–water partition coefficient (Wildman–Crippen LogP) is 3.40. The highest BCUT2D eigenvalue weighted by Gasteiger charge is 2.14. The van der Waals surface area contributed by atoms with Gasteiger partial charge in [0.15, 0.2) is 11.5 Å². The molecule has 0 atom stereocenters. The van der Waals surface area contributed by atoms with Gasteiger partial charge < -0.3 is 20.1 Å². The molecule has 28 heavy (non-hydrogen) atoms. The highest BCUT2D eigenvalue weighted by atomic mass is 35.5. The van der Waals surface area contributed by atoms with E-state index in [-0.39, 0.29) is 18.4 Å². The van der Waals surface area contributed by atoms with E-state index in [0.717, 1.165) is 11.1 Å². The molecular formula is C20H17ClN4O3. The molecule has 1 aromatic heterocycles. The smallest absolute Gasteiger partial charge is 0.270 e. The maximum absolute atomic E-state index is 12.4. The second kappa shape index (κ2) is 8.14. The van der Waals surface area contributed by atoms with Crippen LogP contribution in [0, 0.1) is 0 Å². The van der Waals surface area contributed by atoms with Gasteiger partial charge in [-0.1, -0.05) is 35.9 Å². The Balaban J connectivity index is 1.37. The average molecular weight is 397 g/mol. The van der Waals surface area contributed by atoms with Crippen molar-refractivity contribution in [3.63, 3.8) is 0 Å². The molecule has 0 bridgehead atoms. The summed E-state index contributed by atoms with van der Waals surface area (Å²) < 4.78 is 10.6. The van der Waals surface area contributed by atoms with Gasteiger partial charge in [0, 0.05) is 24.3 Å². The summed E-state index contributed by atoms with van der Waals surface area (Å²) in [6.45, 7) is 1.03. The first-order valence-electron chi connectivity index (χ1n) is 8.66.